The summed E-state index contributed by atoms with van der Waals surface area (Å²) in [7, 11) is 0. The molecule has 3 aromatic rings. The molecule has 7 nitrogen and oxygen atoms in total. The number of pyridine rings is 1. The van der Waals surface area contributed by atoms with Gasteiger partial charge in [-0.25, -0.2) is 9.98 Å². The molecule has 4 rings (SSSR count). The second kappa shape index (κ2) is 9.82. The molecule has 1 aromatic carbocycles. The van der Waals surface area contributed by atoms with E-state index in [4.69, 9.17) is 14.5 Å². The van der Waals surface area contributed by atoms with Gasteiger partial charge in [0, 0.05) is 31.9 Å². The Hall–Kier alpha value is -2.49. The number of nitrogens with zero attached hydrogens (tertiary/aromatic N) is 3. The van der Waals surface area contributed by atoms with Gasteiger partial charge in [-0.1, -0.05) is 12.1 Å². The van der Waals surface area contributed by atoms with Crippen molar-refractivity contribution in [3.05, 3.63) is 59.5 Å². The van der Waals surface area contributed by atoms with Crippen LogP contribution in [0.5, 0.6) is 11.5 Å². The van der Waals surface area contributed by atoms with Crippen LogP contribution in [-0.4, -0.2) is 35.2 Å². The Kier molecular flexibility index (Phi) is 7.18. The summed E-state index contributed by atoms with van der Waals surface area (Å²) in [6, 6.07) is 10.0. The predicted octanol–water partition coefficient (Wildman–Crippen LogP) is 3.29. The molecule has 0 aliphatic carbocycles. The fourth-order valence-electron chi connectivity index (χ4n) is 3.19. The zero-order chi connectivity index (χ0) is 19.3. The van der Waals surface area contributed by atoms with Crippen LogP contribution in [0.2, 0.25) is 0 Å². The number of hydrogen-bond donors (Lipinski definition) is 2. The largest absolute Gasteiger partial charge is 0.454 e. The number of aromatic nitrogens is 2. The summed E-state index contributed by atoms with van der Waals surface area (Å²) in [5, 5.41) is 6.67. The van der Waals surface area contributed by atoms with Crippen LogP contribution in [0.25, 0.3) is 5.65 Å². The van der Waals surface area contributed by atoms with Crippen molar-refractivity contribution in [3.8, 4) is 11.5 Å². The first-order chi connectivity index (χ1) is 13.7. The zero-order valence-corrected chi connectivity index (χ0v) is 19.0. The minimum absolute atomic E-state index is 0. The maximum Gasteiger partial charge on any atom is 0.231 e. The van der Waals surface area contributed by atoms with Crippen molar-refractivity contribution in [1.82, 2.24) is 20.0 Å². The molecule has 0 bridgehead atoms. The minimum Gasteiger partial charge on any atom is -0.454 e. The lowest BCUT2D eigenvalue weighted by Gasteiger charge is -2.10. The molecular weight excluding hydrogens is 481 g/mol. The number of benzene rings is 1. The van der Waals surface area contributed by atoms with Crippen molar-refractivity contribution in [2.75, 3.05) is 19.9 Å². The number of hydrogen-bond acceptors (Lipinski definition) is 4. The normalized spacial score (nSPS) is 12.7. The highest BCUT2D eigenvalue weighted by molar-refractivity contribution is 14.0. The van der Waals surface area contributed by atoms with Crippen molar-refractivity contribution < 1.29 is 9.47 Å². The smallest absolute Gasteiger partial charge is 0.231 e. The summed E-state index contributed by atoms with van der Waals surface area (Å²) in [5.74, 6) is 2.37. The quantitative estimate of drug-likeness (QED) is 0.305. The average Bonchev–Trinajstić information content (AvgIpc) is 3.33. The lowest BCUT2D eigenvalue weighted by atomic mass is 10.2. The summed E-state index contributed by atoms with van der Waals surface area (Å²) < 4.78 is 12.9. The Morgan fingerprint density at radius 1 is 1.21 bits per heavy atom. The van der Waals surface area contributed by atoms with Crippen molar-refractivity contribution in [2.45, 2.75) is 26.8 Å². The summed E-state index contributed by atoms with van der Waals surface area (Å²) in [4.78, 5) is 9.39. The maximum absolute atomic E-state index is 5.43. The third kappa shape index (κ3) is 5.11. The van der Waals surface area contributed by atoms with Gasteiger partial charge in [-0.05, 0) is 43.2 Å². The maximum atomic E-state index is 5.43. The van der Waals surface area contributed by atoms with Gasteiger partial charge in [-0.15, -0.1) is 24.0 Å². The number of fused-ring (bicyclic) bond motifs is 2. The van der Waals surface area contributed by atoms with Gasteiger partial charge in [-0.2, -0.15) is 0 Å². The summed E-state index contributed by atoms with van der Waals surface area (Å²) >= 11 is 0. The monoisotopic (exact) mass is 507 g/mol. The molecule has 0 atom stereocenters. The number of aliphatic imine (C=N–C) groups is 1. The van der Waals surface area contributed by atoms with Gasteiger partial charge in [0.1, 0.15) is 5.65 Å². The van der Waals surface area contributed by atoms with E-state index in [-0.39, 0.29) is 30.8 Å². The van der Waals surface area contributed by atoms with E-state index in [0.29, 0.717) is 6.54 Å². The third-order valence-electron chi connectivity index (χ3n) is 4.60. The molecule has 1 aliphatic rings. The molecule has 0 fully saturated rings. The van der Waals surface area contributed by atoms with Crippen LogP contribution in [0.1, 0.15) is 23.7 Å². The van der Waals surface area contributed by atoms with Crippen molar-refractivity contribution >= 4 is 35.6 Å². The van der Waals surface area contributed by atoms with Crippen LogP contribution in [0.3, 0.4) is 0 Å². The lowest BCUT2D eigenvalue weighted by molar-refractivity contribution is 0.174. The second-order valence-corrected chi connectivity index (χ2v) is 6.71. The van der Waals surface area contributed by atoms with Crippen LogP contribution in [-0.2, 0) is 13.0 Å². The number of imidazole rings is 1. The molecule has 0 amide bonds. The number of rotatable bonds is 6. The van der Waals surface area contributed by atoms with E-state index in [1.54, 1.807) is 0 Å². The summed E-state index contributed by atoms with van der Waals surface area (Å²) in [5.41, 5.74) is 4.34. The second-order valence-electron chi connectivity index (χ2n) is 6.71. The highest BCUT2D eigenvalue weighted by Gasteiger charge is 2.13. The first kappa shape index (κ1) is 21.2. The van der Waals surface area contributed by atoms with Crippen LogP contribution in [0.15, 0.2) is 47.7 Å². The Morgan fingerprint density at radius 3 is 2.90 bits per heavy atom. The standard InChI is InChI=1S/C21H25N5O2.HI/c1-3-22-21(24-12-16-6-7-18-19(11-16)28-14-27-18)23-9-8-17-13-26-10-4-5-15(2)20(26)25-17;/h4-7,10-11,13H,3,8-9,12,14H2,1-2H3,(H2,22,23,24);1H. The van der Waals surface area contributed by atoms with Gasteiger partial charge in [0.15, 0.2) is 17.5 Å². The molecule has 0 spiro atoms. The molecule has 8 heteroatoms. The Bertz CT molecular complexity index is 1000. The van der Waals surface area contributed by atoms with E-state index in [1.807, 2.05) is 30.5 Å². The average molecular weight is 507 g/mol. The topological polar surface area (TPSA) is 72.2 Å². The third-order valence-corrected chi connectivity index (χ3v) is 4.60. The van der Waals surface area contributed by atoms with Gasteiger partial charge in [0.2, 0.25) is 6.79 Å². The van der Waals surface area contributed by atoms with Crippen molar-refractivity contribution in [1.29, 1.82) is 0 Å². The fraction of sp³-hybridized carbons (Fsp3) is 0.333. The SMILES string of the molecule is CCNC(=NCc1ccc2c(c1)OCO2)NCCc1cn2cccc(C)c2n1.I. The number of nitrogens with one attached hydrogen (secondary N) is 2. The Balaban J connectivity index is 0.00000240. The number of halogens is 1. The predicted molar refractivity (Wildman–Crippen MR) is 124 cm³/mol. The van der Waals surface area contributed by atoms with E-state index in [2.05, 4.69) is 46.1 Å². The number of guanidine groups is 1. The highest BCUT2D eigenvalue weighted by atomic mass is 127. The zero-order valence-electron chi connectivity index (χ0n) is 16.6. The molecule has 154 valence electrons. The first-order valence-corrected chi connectivity index (χ1v) is 9.57. The molecule has 0 unspecified atom stereocenters. The first-order valence-electron chi connectivity index (χ1n) is 9.57. The summed E-state index contributed by atoms with van der Waals surface area (Å²) in [6.07, 6.45) is 4.94. The van der Waals surface area contributed by atoms with E-state index < -0.39 is 0 Å². The molecular formula is C21H26IN5O2. The van der Waals surface area contributed by atoms with Crippen LogP contribution in [0.4, 0.5) is 0 Å². The molecule has 1 aliphatic heterocycles. The number of ether oxygens (including phenoxy) is 2. The molecule has 29 heavy (non-hydrogen) atoms. The van der Waals surface area contributed by atoms with Crippen LogP contribution in [0, 0.1) is 6.92 Å². The molecule has 0 radical (unpaired) electrons. The van der Waals surface area contributed by atoms with E-state index >= 15 is 0 Å². The van der Waals surface area contributed by atoms with Gasteiger partial charge in [0.05, 0.1) is 12.2 Å². The Labute approximate surface area is 187 Å². The van der Waals surface area contributed by atoms with Gasteiger partial charge in [-0.3, -0.25) is 0 Å². The fourth-order valence-corrected chi connectivity index (χ4v) is 3.19. The molecule has 2 N–H and O–H groups in total. The van der Waals surface area contributed by atoms with Gasteiger partial charge < -0.3 is 24.5 Å². The van der Waals surface area contributed by atoms with Gasteiger partial charge >= 0.3 is 0 Å². The van der Waals surface area contributed by atoms with E-state index in [0.717, 1.165) is 53.9 Å². The van der Waals surface area contributed by atoms with E-state index in [9.17, 15) is 0 Å². The molecule has 0 saturated heterocycles. The summed E-state index contributed by atoms with van der Waals surface area (Å²) in [6.45, 7) is 6.56. The van der Waals surface area contributed by atoms with E-state index in [1.165, 1.54) is 5.56 Å². The lowest BCUT2D eigenvalue weighted by Crippen LogP contribution is -2.38. The van der Waals surface area contributed by atoms with Crippen LogP contribution >= 0.6 is 24.0 Å². The van der Waals surface area contributed by atoms with Gasteiger partial charge in [0.25, 0.3) is 0 Å². The molecule has 2 aromatic heterocycles. The Morgan fingerprint density at radius 2 is 2.07 bits per heavy atom. The van der Waals surface area contributed by atoms with Crippen molar-refractivity contribution in [3.63, 3.8) is 0 Å². The molecule has 0 saturated carbocycles. The highest BCUT2D eigenvalue weighted by Crippen LogP contribution is 2.32. The number of aryl methyl sites for hydroxylation is 1. The minimum atomic E-state index is 0. The molecule has 3 heterocycles. The van der Waals surface area contributed by atoms with Crippen molar-refractivity contribution in [2.24, 2.45) is 4.99 Å². The van der Waals surface area contributed by atoms with Crippen LogP contribution < -0.4 is 20.1 Å².